The summed E-state index contributed by atoms with van der Waals surface area (Å²) in [6.45, 7) is -0.137. The fourth-order valence-electron chi connectivity index (χ4n) is 1.56. The van der Waals surface area contributed by atoms with E-state index in [-0.39, 0.29) is 13.0 Å². The van der Waals surface area contributed by atoms with Gasteiger partial charge >= 0.3 is 12.2 Å². The maximum atomic E-state index is 11.4. The summed E-state index contributed by atoms with van der Waals surface area (Å²) in [5.41, 5.74) is 0.686. The van der Waals surface area contributed by atoms with E-state index in [2.05, 4.69) is 5.32 Å². The molecule has 0 radical (unpaired) electrons. The number of benzene rings is 1. The fourth-order valence-corrected chi connectivity index (χ4v) is 1.56. The van der Waals surface area contributed by atoms with Crippen LogP contribution in [0.3, 0.4) is 0 Å². The second kappa shape index (κ2) is 7.34. The van der Waals surface area contributed by atoms with E-state index in [9.17, 15) is 9.59 Å². The fraction of sp³-hybridized carbons (Fsp3) is 0.385. The Kier molecular flexibility index (Phi) is 5.79. The Labute approximate surface area is 116 Å². The van der Waals surface area contributed by atoms with Crippen LogP contribution in [0.25, 0.3) is 0 Å². The van der Waals surface area contributed by atoms with Crippen molar-refractivity contribution >= 4 is 12.2 Å². The zero-order chi connectivity index (χ0) is 15.1. The lowest BCUT2D eigenvalue weighted by atomic mass is 10.0. The van der Waals surface area contributed by atoms with Crippen molar-refractivity contribution in [1.82, 2.24) is 10.2 Å². The second-order valence-corrected chi connectivity index (χ2v) is 4.35. The summed E-state index contributed by atoms with van der Waals surface area (Å²) in [4.78, 5) is 23.3. The molecule has 0 aliphatic rings. The number of aliphatic hydroxyl groups excluding tert-OH is 1. The molecule has 7 heteroatoms. The van der Waals surface area contributed by atoms with Crippen LogP contribution in [-0.2, 0) is 0 Å². The minimum Gasteiger partial charge on any atom is -0.465 e. The first-order valence-corrected chi connectivity index (χ1v) is 6.03. The predicted molar refractivity (Wildman–Crippen MR) is 71.8 cm³/mol. The predicted octanol–water partition coefficient (Wildman–Crippen LogP) is 1.44. The van der Waals surface area contributed by atoms with Gasteiger partial charge in [0.25, 0.3) is 0 Å². The average molecular weight is 282 g/mol. The van der Waals surface area contributed by atoms with Gasteiger partial charge in [-0.25, -0.2) is 9.59 Å². The highest BCUT2D eigenvalue weighted by molar-refractivity contribution is 5.70. The van der Waals surface area contributed by atoms with Crippen molar-refractivity contribution in [3.8, 4) is 5.75 Å². The monoisotopic (exact) mass is 282 g/mol. The number of carboxylic acid groups (broad SMARTS) is 1. The van der Waals surface area contributed by atoms with Gasteiger partial charge < -0.3 is 25.2 Å². The smallest absolute Gasteiger partial charge is 0.414 e. The van der Waals surface area contributed by atoms with Crippen molar-refractivity contribution in [3.63, 3.8) is 0 Å². The SMILES string of the molecule is CN(C)C(=O)Oc1ccc([C@@H](CCO)NC(=O)O)cc1. The summed E-state index contributed by atoms with van der Waals surface area (Å²) in [6, 6.07) is 5.94. The Morgan fingerprint density at radius 1 is 1.30 bits per heavy atom. The molecule has 0 bridgehead atoms. The molecule has 1 aromatic rings. The van der Waals surface area contributed by atoms with E-state index < -0.39 is 18.2 Å². The largest absolute Gasteiger partial charge is 0.465 e. The van der Waals surface area contributed by atoms with Gasteiger partial charge in [0.15, 0.2) is 0 Å². The zero-order valence-electron chi connectivity index (χ0n) is 11.4. The Balaban J connectivity index is 2.77. The van der Waals surface area contributed by atoms with Crippen LogP contribution in [0, 0.1) is 0 Å². The quantitative estimate of drug-likeness (QED) is 0.759. The first-order chi connectivity index (χ1) is 9.43. The number of amides is 2. The number of nitrogens with zero attached hydrogens (tertiary/aromatic N) is 1. The minimum absolute atomic E-state index is 0.137. The topological polar surface area (TPSA) is 99.1 Å². The van der Waals surface area contributed by atoms with Crippen molar-refractivity contribution in [2.45, 2.75) is 12.5 Å². The molecule has 110 valence electrons. The summed E-state index contributed by atoms with van der Waals surface area (Å²) in [6.07, 6.45) is -1.39. The Bertz CT molecular complexity index is 458. The van der Waals surface area contributed by atoms with Gasteiger partial charge in [0.1, 0.15) is 5.75 Å². The molecule has 1 aromatic carbocycles. The Hall–Kier alpha value is -2.28. The van der Waals surface area contributed by atoms with Gasteiger partial charge in [-0.1, -0.05) is 12.1 Å². The van der Waals surface area contributed by atoms with Gasteiger partial charge in [0, 0.05) is 20.7 Å². The highest BCUT2D eigenvalue weighted by Gasteiger charge is 2.14. The van der Waals surface area contributed by atoms with Crippen LogP contribution in [-0.4, -0.2) is 48.0 Å². The van der Waals surface area contributed by atoms with E-state index in [0.29, 0.717) is 11.3 Å². The van der Waals surface area contributed by atoms with E-state index in [1.807, 2.05) is 0 Å². The van der Waals surface area contributed by atoms with Crippen molar-refractivity contribution in [3.05, 3.63) is 29.8 Å². The van der Waals surface area contributed by atoms with Crippen LogP contribution < -0.4 is 10.1 Å². The second-order valence-electron chi connectivity index (χ2n) is 4.35. The molecule has 0 aromatic heterocycles. The van der Waals surface area contributed by atoms with Crippen molar-refractivity contribution in [1.29, 1.82) is 0 Å². The van der Waals surface area contributed by atoms with Crippen LogP contribution in [0.15, 0.2) is 24.3 Å². The number of carbonyl (C=O) groups excluding carboxylic acids is 1. The van der Waals surface area contributed by atoms with Crippen molar-refractivity contribution < 1.29 is 24.5 Å². The minimum atomic E-state index is -1.16. The Morgan fingerprint density at radius 3 is 2.35 bits per heavy atom. The molecule has 0 spiro atoms. The first kappa shape index (κ1) is 15.8. The molecule has 0 fully saturated rings. The summed E-state index contributed by atoms with van der Waals surface area (Å²) in [5, 5.41) is 20.0. The molecule has 1 rings (SSSR count). The number of aliphatic hydroxyl groups is 1. The summed E-state index contributed by atoms with van der Waals surface area (Å²) in [7, 11) is 3.15. The highest BCUT2D eigenvalue weighted by Crippen LogP contribution is 2.20. The number of nitrogens with one attached hydrogen (secondary N) is 1. The van der Waals surface area contributed by atoms with Crippen LogP contribution in [0.2, 0.25) is 0 Å². The lowest BCUT2D eigenvalue weighted by Gasteiger charge is -2.17. The maximum absolute atomic E-state index is 11.4. The summed E-state index contributed by atoms with van der Waals surface area (Å²) >= 11 is 0. The van der Waals surface area contributed by atoms with E-state index in [1.54, 1.807) is 38.4 Å². The van der Waals surface area contributed by atoms with Gasteiger partial charge in [-0.3, -0.25) is 0 Å². The van der Waals surface area contributed by atoms with Crippen LogP contribution >= 0.6 is 0 Å². The number of carbonyl (C=O) groups is 2. The molecule has 2 amide bonds. The molecule has 20 heavy (non-hydrogen) atoms. The molecular weight excluding hydrogens is 264 g/mol. The standard InChI is InChI=1S/C13H18N2O5/c1-15(2)13(19)20-10-5-3-9(4-6-10)11(7-8-16)14-12(17)18/h3-6,11,14,16H,7-8H2,1-2H3,(H,17,18)/t11-/m1/s1. The molecular formula is C13H18N2O5. The molecule has 0 heterocycles. The molecule has 0 unspecified atom stereocenters. The van der Waals surface area contributed by atoms with Gasteiger partial charge in [0.05, 0.1) is 6.04 Å². The summed E-state index contributed by atoms with van der Waals surface area (Å²) < 4.78 is 5.05. The van der Waals surface area contributed by atoms with Gasteiger partial charge in [-0.2, -0.15) is 0 Å². The lowest BCUT2D eigenvalue weighted by Crippen LogP contribution is -2.27. The first-order valence-electron chi connectivity index (χ1n) is 6.03. The molecule has 0 saturated carbocycles. The molecule has 0 saturated heterocycles. The van der Waals surface area contributed by atoms with Crippen LogP contribution in [0.4, 0.5) is 9.59 Å². The lowest BCUT2D eigenvalue weighted by molar-refractivity contribution is 0.172. The molecule has 1 atom stereocenters. The van der Waals surface area contributed by atoms with E-state index >= 15 is 0 Å². The third kappa shape index (κ3) is 4.77. The molecule has 0 aliphatic carbocycles. The molecule has 7 nitrogen and oxygen atoms in total. The normalized spacial score (nSPS) is 11.6. The molecule has 3 N–H and O–H groups in total. The number of ether oxygens (including phenoxy) is 1. The van der Waals surface area contributed by atoms with Gasteiger partial charge in [-0.15, -0.1) is 0 Å². The van der Waals surface area contributed by atoms with Crippen LogP contribution in [0.1, 0.15) is 18.0 Å². The Morgan fingerprint density at radius 2 is 1.90 bits per heavy atom. The van der Waals surface area contributed by atoms with Crippen molar-refractivity contribution in [2.24, 2.45) is 0 Å². The maximum Gasteiger partial charge on any atom is 0.414 e. The van der Waals surface area contributed by atoms with Gasteiger partial charge in [0.2, 0.25) is 0 Å². The number of hydrogen-bond acceptors (Lipinski definition) is 4. The van der Waals surface area contributed by atoms with Gasteiger partial charge in [-0.05, 0) is 24.1 Å². The number of rotatable bonds is 5. The number of hydrogen-bond donors (Lipinski definition) is 3. The molecule has 0 aliphatic heterocycles. The van der Waals surface area contributed by atoms with E-state index in [1.165, 1.54) is 4.90 Å². The average Bonchev–Trinajstić information content (AvgIpc) is 2.38. The van der Waals surface area contributed by atoms with Crippen LogP contribution in [0.5, 0.6) is 5.75 Å². The third-order valence-corrected chi connectivity index (χ3v) is 2.57. The van der Waals surface area contributed by atoms with E-state index in [0.717, 1.165) is 0 Å². The third-order valence-electron chi connectivity index (χ3n) is 2.57. The zero-order valence-corrected chi connectivity index (χ0v) is 11.4. The summed E-state index contributed by atoms with van der Waals surface area (Å²) in [5.74, 6) is 0.366. The van der Waals surface area contributed by atoms with E-state index in [4.69, 9.17) is 14.9 Å². The van der Waals surface area contributed by atoms with Crippen molar-refractivity contribution in [2.75, 3.05) is 20.7 Å². The highest BCUT2D eigenvalue weighted by atomic mass is 16.6.